The molecule has 19 heavy (non-hydrogen) atoms. The van der Waals surface area contributed by atoms with Crippen LogP contribution in [0.5, 0.6) is 0 Å². The molecule has 1 aromatic rings. The summed E-state index contributed by atoms with van der Waals surface area (Å²) in [5.74, 6) is 1.05. The molecule has 1 aromatic heterocycles. The number of hydrogen-bond donors (Lipinski definition) is 2. The smallest absolute Gasteiger partial charge is 0.237 e. The van der Waals surface area contributed by atoms with Crippen LogP contribution in [0, 0.1) is 5.92 Å². The number of nitrogens with one attached hydrogen (secondary N) is 2. The van der Waals surface area contributed by atoms with Crippen LogP contribution in [0.25, 0.3) is 0 Å². The van der Waals surface area contributed by atoms with Crippen molar-refractivity contribution in [2.24, 2.45) is 5.92 Å². The Balaban J connectivity index is 1.57. The molecule has 1 aliphatic carbocycles. The molecule has 0 radical (unpaired) electrons. The van der Waals surface area contributed by atoms with Gasteiger partial charge in [-0.2, -0.15) is 5.10 Å². The highest BCUT2D eigenvalue weighted by molar-refractivity contribution is 5.78. The van der Waals surface area contributed by atoms with Crippen molar-refractivity contribution in [3.63, 3.8) is 0 Å². The Morgan fingerprint density at radius 2 is 2.32 bits per heavy atom. The van der Waals surface area contributed by atoms with Gasteiger partial charge in [0.05, 0.1) is 18.8 Å². The molecule has 1 atom stereocenters. The van der Waals surface area contributed by atoms with E-state index in [1.807, 2.05) is 17.3 Å². The zero-order valence-corrected chi connectivity index (χ0v) is 11.3. The number of likely N-dealkylation sites (tertiary alicyclic amines) is 1. The highest BCUT2D eigenvalue weighted by Crippen LogP contribution is 2.30. The van der Waals surface area contributed by atoms with Gasteiger partial charge in [-0.15, -0.1) is 0 Å². The molecule has 2 fully saturated rings. The first-order valence-electron chi connectivity index (χ1n) is 7.33. The molecular formula is C14H22N4O. The van der Waals surface area contributed by atoms with E-state index in [9.17, 15) is 4.79 Å². The van der Waals surface area contributed by atoms with Crippen LogP contribution in [0.2, 0.25) is 0 Å². The molecule has 2 aliphatic rings. The fourth-order valence-electron chi connectivity index (χ4n) is 2.83. The zero-order valence-electron chi connectivity index (χ0n) is 11.3. The van der Waals surface area contributed by atoms with E-state index in [0.717, 1.165) is 37.4 Å². The summed E-state index contributed by atoms with van der Waals surface area (Å²) < 4.78 is 0. The SMILES string of the molecule is O=C(CNCC1CC1)N1CCCCC1c1cn[nH]c1. The molecule has 2 heterocycles. The minimum atomic E-state index is 0.211. The van der Waals surface area contributed by atoms with Crippen LogP contribution < -0.4 is 5.32 Å². The van der Waals surface area contributed by atoms with Gasteiger partial charge in [-0.3, -0.25) is 9.89 Å². The summed E-state index contributed by atoms with van der Waals surface area (Å²) in [5, 5.41) is 10.2. The van der Waals surface area contributed by atoms with Gasteiger partial charge in [-0.05, 0) is 44.6 Å². The van der Waals surface area contributed by atoms with E-state index in [4.69, 9.17) is 0 Å². The minimum Gasteiger partial charge on any atom is -0.334 e. The van der Waals surface area contributed by atoms with Gasteiger partial charge < -0.3 is 10.2 Å². The van der Waals surface area contributed by atoms with E-state index in [-0.39, 0.29) is 11.9 Å². The Kier molecular flexibility index (Phi) is 3.82. The predicted octanol–water partition coefficient (Wildman–Crippen LogP) is 1.46. The molecule has 5 nitrogen and oxygen atoms in total. The molecule has 3 rings (SSSR count). The molecule has 1 saturated heterocycles. The number of carbonyl (C=O) groups is 1. The first-order chi connectivity index (χ1) is 9.34. The monoisotopic (exact) mass is 262 g/mol. The number of nitrogens with zero attached hydrogens (tertiary/aromatic N) is 2. The third kappa shape index (κ3) is 3.15. The lowest BCUT2D eigenvalue weighted by Crippen LogP contribution is -2.43. The topological polar surface area (TPSA) is 61.0 Å². The Bertz CT molecular complexity index is 413. The van der Waals surface area contributed by atoms with Crippen molar-refractivity contribution in [3.8, 4) is 0 Å². The van der Waals surface area contributed by atoms with E-state index in [2.05, 4.69) is 15.5 Å². The van der Waals surface area contributed by atoms with Crippen molar-refractivity contribution in [2.75, 3.05) is 19.6 Å². The standard InChI is InChI=1S/C14H22N4O/c19-14(10-15-7-11-4-5-11)18-6-2-1-3-13(18)12-8-16-17-9-12/h8-9,11,13,15H,1-7,10H2,(H,16,17). The molecule has 104 valence electrons. The van der Waals surface area contributed by atoms with E-state index < -0.39 is 0 Å². The average molecular weight is 262 g/mol. The number of piperidine rings is 1. The van der Waals surface area contributed by atoms with Crippen LogP contribution in [0.3, 0.4) is 0 Å². The predicted molar refractivity (Wildman–Crippen MR) is 72.5 cm³/mol. The van der Waals surface area contributed by atoms with E-state index in [0.29, 0.717) is 6.54 Å². The molecule has 1 amide bonds. The molecule has 5 heteroatoms. The average Bonchev–Trinajstić information content (AvgIpc) is 3.10. The summed E-state index contributed by atoms with van der Waals surface area (Å²) in [5.41, 5.74) is 1.13. The zero-order chi connectivity index (χ0) is 13.1. The molecule has 0 aromatic carbocycles. The summed E-state index contributed by atoms with van der Waals surface area (Å²) in [4.78, 5) is 14.4. The number of H-pyrrole nitrogens is 1. The van der Waals surface area contributed by atoms with Gasteiger partial charge in [-0.1, -0.05) is 0 Å². The highest BCUT2D eigenvalue weighted by atomic mass is 16.2. The highest BCUT2D eigenvalue weighted by Gasteiger charge is 2.28. The van der Waals surface area contributed by atoms with Crippen molar-refractivity contribution in [1.82, 2.24) is 20.4 Å². The van der Waals surface area contributed by atoms with Crippen LogP contribution in [0.1, 0.15) is 43.7 Å². The van der Waals surface area contributed by atoms with Crippen molar-refractivity contribution in [3.05, 3.63) is 18.0 Å². The normalized spacial score (nSPS) is 23.6. The second kappa shape index (κ2) is 5.74. The summed E-state index contributed by atoms with van der Waals surface area (Å²) in [7, 11) is 0. The molecular weight excluding hydrogens is 240 g/mol. The Labute approximate surface area is 113 Å². The third-order valence-electron chi connectivity index (χ3n) is 4.13. The quantitative estimate of drug-likeness (QED) is 0.844. The molecule has 2 N–H and O–H groups in total. The van der Waals surface area contributed by atoms with Crippen LogP contribution in [0.4, 0.5) is 0 Å². The first kappa shape index (κ1) is 12.7. The lowest BCUT2D eigenvalue weighted by atomic mass is 9.97. The van der Waals surface area contributed by atoms with Crippen LogP contribution >= 0.6 is 0 Å². The van der Waals surface area contributed by atoms with E-state index in [1.54, 1.807) is 0 Å². The van der Waals surface area contributed by atoms with Gasteiger partial charge in [0.25, 0.3) is 0 Å². The summed E-state index contributed by atoms with van der Waals surface area (Å²) >= 11 is 0. The number of carbonyl (C=O) groups excluding carboxylic acids is 1. The van der Waals surface area contributed by atoms with Crippen LogP contribution in [-0.2, 0) is 4.79 Å². The minimum absolute atomic E-state index is 0.211. The largest absolute Gasteiger partial charge is 0.334 e. The van der Waals surface area contributed by atoms with Gasteiger partial charge in [0, 0.05) is 18.3 Å². The maximum absolute atomic E-state index is 12.3. The summed E-state index contributed by atoms with van der Waals surface area (Å²) in [6.45, 7) is 2.35. The second-order valence-corrected chi connectivity index (χ2v) is 5.70. The Morgan fingerprint density at radius 1 is 1.42 bits per heavy atom. The Morgan fingerprint density at radius 3 is 3.05 bits per heavy atom. The lowest BCUT2D eigenvalue weighted by Gasteiger charge is -2.35. The number of rotatable bonds is 5. The van der Waals surface area contributed by atoms with Gasteiger partial charge in [0.1, 0.15) is 0 Å². The third-order valence-corrected chi connectivity index (χ3v) is 4.13. The summed E-state index contributed by atoms with van der Waals surface area (Å²) in [6, 6.07) is 0.211. The van der Waals surface area contributed by atoms with Crippen molar-refractivity contribution in [2.45, 2.75) is 38.1 Å². The second-order valence-electron chi connectivity index (χ2n) is 5.70. The number of aromatic amines is 1. The van der Waals surface area contributed by atoms with Crippen molar-refractivity contribution in [1.29, 1.82) is 0 Å². The fraction of sp³-hybridized carbons (Fsp3) is 0.714. The van der Waals surface area contributed by atoms with Crippen molar-refractivity contribution >= 4 is 5.91 Å². The van der Waals surface area contributed by atoms with E-state index in [1.165, 1.54) is 19.3 Å². The van der Waals surface area contributed by atoms with Gasteiger partial charge in [0.15, 0.2) is 0 Å². The number of aromatic nitrogens is 2. The maximum atomic E-state index is 12.3. The maximum Gasteiger partial charge on any atom is 0.237 e. The number of hydrogen-bond acceptors (Lipinski definition) is 3. The van der Waals surface area contributed by atoms with E-state index >= 15 is 0 Å². The Hall–Kier alpha value is -1.36. The van der Waals surface area contributed by atoms with Gasteiger partial charge in [0.2, 0.25) is 5.91 Å². The molecule has 0 spiro atoms. The summed E-state index contributed by atoms with van der Waals surface area (Å²) in [6.07, 6.45) is 9.75. The van der Waals surface area contributed by atoms with Crippen LogP contribution in [0.15, 0.2) is 12.4 Å². The molecule has 1 aliphatic heterocycles. The fourth-order valence-corrected chi connectivity index (χ4v) is 2.83. The molecule has 0 bridgehead atoms. The first-order valence-corrected chi connectivity index (χ1v) is 7.33. The molecule has 1 unspecified atom stereocenters. The number of amides is 1. The van der Waals surface area contributed by atoms with Crippen LogP contribution in [-0.4, -0.2) is 40.6 Å². The van der Waals surface area contributed by atoms with Gasteiger partial charge in [-0.25, -0.2) is 0 Å². The van der Waals surface area contributed by atoms with Gasteiger partial charge >= 0.3 is 0 Å². The lowest BCUT2D eigenvalue weighted by molar-refractivity contribution is -0.134. The van der Waals surface area contributed by atoms with Crippen molar-refractivity contribution < 1.29 is 4.79 Å². The molecule has 1 saturated carbocycles.